The lowest BCUT2D eigenvalue weighted by atomic mass is 10.1. The smallest absolute Gasteiger partial charge is 0.226 e. The van der Waals surface area contributed by atoms with Crippen molar-refractivity contribution in [2.45, 2.75) is 24.1 Å². The average molecular weight is 319 g/mol. The number of carbonyl (C=O) groups is 1. The standard InChI is InChI=1S/C15H17N3OS2/c1-3-10-20-15-18-17-14(21-15)16-13(19)9-8-12-6-4-11(2)5-7-12/h3-7H,1,8-10H2,2H3,(H,16,17,19). The van der Waals surface area contributed by atoms with Crippen LogP contribution in [0.25, 0.3) is 0 Å². The molecule has 0 aliphatic heterocycles. The van der Waals surface area contributed by atoms with Crippen molar-refractivity contribution < 1.29 is 4.79 Å². The lowest BCUT2D eigenvalue weighted by Crippen LogP contribution is -2.12. The number of hydrogen-bond donors (Lipinski definition) is 1. The maximum atomic E-state index is 11.9. The fourth-order valence-electron chi connectivity index (χ4n) is 1.64. The fourth-order valence-corrected chi connectivity index (χ4v) is 3.17. The quantitative estimate of drug-likeness (QED) is 0.480. The van der Waals surface area contributed by atoms with Crippen molar-refractivity contribution in [3.8, 4) is 0 Å². The molecule has 0 spiro atoms. The second kappa shape index (κ2) is 7.95. The van der Waals surface area contributed by atoms with Crippen molar-refractivity contribution in [2.24, 2.45) is 0 Å². The Bertz CT molecular complexity index is 608. The molecule has 2 rings (SSSR count). The van der Waals surface area contributed by atoms with Crippen LogP contribution in [-0.2, 0) is 11.2 Å². The molecule has 6 heteroatoms. The van der Waals surface area contributed by atoms with E-state index >= 15 is 0 Å². The second-order valence-electron chi connectivity index (χ2n) is 4.51. The Morgan fingerprint density at radius 2 is 2.14 bits per heavy atom. The zero-order valence-electron chi connectivity index (χ0n) is 11.8. The summed E-state index contributed by atoms with van der Waals surface area (Å²) in [5.74, 6) is 0.753. The van der Waals surface area contributed by atoms with Crippen LogP contribution in [0.3, 0.4) is 0 Å². The SMILES string of the molecule is C=CCSc1nnc(NC(=O)CCc2ccc(C)cc2)s1. The van der Waals surface area contributed by atoms with Crippen LogP contribution in [0.4, 0.5) is 5.13 Å². The minimum absolute atomic E-state index is 0.0352. The summed E-state index contributed by atoms with van der Waals surface area (Å²) in [5, 5.41) is 11.3. The Labute approximate surface area is 132 Å². The Hall–Kier alpha value is -1.66. The Balaban J connectivity index is 1.80. The van der Waals surface area contributed by atoms with Gasteiger partial charge in [0.15, 0.2) is 4.34 Å². The van der Waals surface area contributed by atoms with Crippen molar-refractivity contribution in [3.63, 3.8) is 0 Å². The second-order valence-corrected chi connectivity index (χ2v) is 6.75. The van der Waals surface area contributed by atoms with Gasteiger partial charge in [-0.1, -0.05) is 59.0 Å². The largest absolute Gasteiger partial charge is 0.300 e. The summed E-state index contributed by atoms with van der Waals surface area (Å²) >= 11 is 2.94. The van der Waals surface area contributed by atoms with Crippen molar-refractivity contribution >= 4 is 34.1 Å². The van der Waals surface area contributed by atoms with E-state index in [1.807, 2.05) is 13.0 Å². The normalized spacial score (nSPS) is 10.3. The monoisotopic (exact) mass is 319 g/mol. The fraction of sp³-hybridized carbons (Fsp3) is 0.267. The number of benzene rings is 1. The van der Waals surface area contributed by atoms with Crippen LogP contribution >= 0.6 is 23.1 Å². The van der Waals surface area contributed by atoms with Crippen LogP contribution in [0, 0.1) is 6.92 Å². The van der Waals surface area contributed by atoms with Gasteiger partial charge < -0.3 is 5.32 Å². The van der Waals surface area contributed by atoms with Gasteiger partial charge in [-0.3, -0.25) is 4.79 Å². The lowest BCUT2D eigenvalue weighted by molar-refractivity contribution is -0.116. The topological polar surface area (TPSA) is 54.9 Å². The number of nitrogens with zero attached hydrogens (tertiary/aromatic N) is 2. The number of hydrogen-bond acceptors (Lipinski definition) is 5. The molecule has 0 bridgehead atoms. The highest BCUT2D eigenvalue weighted by Crippen LogP contribution is 2.25. The summed E-state index contributed by atoms with van der Waals surface area (Å²) in [4.78, 5) is 11.9. The highest BCUT2D eigenvalue weighted by molar-refractivity contribution is 8.01. The molecule has 4 nitrogen and oxygen atoms in total. The van der Waals surface area contributed by atoms with Crippen LogP contribution in [0.5, 0.6) is 0 Å². The predicted molar refractivity (Wildman–Crippen MR) is 89.0 cm³/mol. The Morgan fingerprint density at radius 1 is 1.38 bits per heavy atom. The van der Waals surface area contributed by atoms with Gasteiger partial charge in [0.1, 0.15) is 0 Å². The molecular weight excluding hydrogens is 302 g/mol. The minimum atomic E-state index is -0.0352. The van der Waals surface area contributed by atoms with Gasteiger partial charge in [-0.05, 0) is 18.9 Å². The molecule has 0 atom stereocenters. The third-order valence-corrected chi connectivity index (χ3v) is 4.71. The van der Waals surface area contributed by atoms with Crippen molar-refractivity contribution in [1.82, 2.24) is 10.2 Å². The molecule has 0 unspecified atom stereocenters. The maximum absolute atomic E-state index is 11.9. The summed E-state index contributed by atoms with van der Waals surface area (Å²) in [6.45, 7) is 5.70. The van der Waals surface area contributed by atoms with E-state index in [2.05, 4.69) is 46.4 Å². The molecule has 1 aromatic heterocycles. The van der Waals surface area contributed by atoms with Gasteiger partial charge in [0.05, 0.1) is 0 Å². The third-order valence-electron chi connectivity index (χ3n) is 2.74. The van der Waals surface area contributed by atoms with Gasteiger partial charge in [0, 0.05) is 12.2 Å². The van der Waals surface area contributed by atoms with Gasteiger partial charge >= 0.3 is 0 Å². The van der Waals surface area contributed by atoms with E-state index in [4.69, 9.17) is 0 Å². The molecule has 2 aromatic rings. The zero-order valence-corrected chi connectivity index (χ0v) is 13.5. The maximum Gasteiger partial charge on any atom is 0.226 e. The molecule has 0 aliphatic carbocycles. The van der Waals surface area contributed by atoms with E-state index in [0.717, 1.165) is 22.1 Å². The van der Waals surface area contributed by atoms with E-state index in [0.29, 0.717) is 11.6 Å². The lowest BCUT2D eigenvalue weighted by Gasteiger charge is -2.02. The van der Waals surface area contributed by atoms with E-state index < -0.39 is 0 Å². The number of thioether (sulfide) groups is 1. The van der Waals surface area contributed by atoms with E-state index in [1.165, 1.54) is 16.9 Å². The summed E-state index contributed by atoms with van der Waals surface area (Å²) in [6, 6.07) is 8.22. The summed E-state index contributed by atoms with van der Waals surface area (Å²) in [6.07, 6.45) is 2.98. The molecule has 0 saturated carbocycles. The van der Waals surface area contributed by atoms with Crippen LogP contribution in [0.1, 0.15) is 17.5 Å². The Morgan fingerprint density at radius 3 is 2.86 bits per heavy atom. The predicted octanol–water partition coefficient (Wildman–Crippen LogP) is 3.70. The molecule has 0 aliphatic rings. The van der Waals surface area contributed by atoms with Crippen molar-refractivity contribution in [2.75, 3.05) is 11.1 Å². The zero-order chi connectivity index (χ0) is 15.1. The van der Waals surface area contributed by atoms with Gasteiger partial charge in [0.2, 0.25) is 11.0 Å². The molecule has 0 saturated heterocycles. The molecule has 1 N–H and O–H groups in total. The van der Waals surface area contributed by atoms with Crippen LogP contribution in [0.2, 0.25) is 0 Å². The summed E-state index contributed by atoms with van der Waals surface area (Å²) in [7, 11) is 0. The molecule has 1 aromatic carbocycles. The first kappa shape index (κ1) is 15.7. The highest BCUT2D eigenvalue weighted by atomic mass is 32.2. The van der Waals surface area contributed by atoms with Crippen molar-refractivity contribution in [3.05, 3.63) is 48.0 Å². The third kappa shape index (κ3) is 5.32. The number of amides is 1. The van der Waals surface area contributed by atoms with E-state index in [1.54, 1.807) is 11.8 Å². The summed E-state index contributed by atoms with van der Waals surface area (Å²) in [5.41, 5.74) is 2.39. The number of aromatic nitrogens is 2. The molecule has 21 heavy (non-hydrogen) atoms. The number of aryl methyl sites for hydroxylation is 2. The molecule has 110 valence electrons. The van der Waals surface area contributed by atoms with Gasteiger partial charge in [-0.2, -0.15) is 0 Å². The summed E-state index contributed by atoms with van der Waals surface area (Å²) < 4.78 is 0.837. The first-order valence-electron chi connectivity index (χ1n) is 6.60. The van der Waals surface area contributed by atoms with Crippen LogP contribution < -0.4 is 5.32 Å². The molecule has 0 radical (unpaired) electrons. The van der Waals surface area contributed by atoms with Gasteiger partial charge in [0.25, 0.3) is 0 Å². The molecule has 1 heterocycles. The number of carbonyl (C=O) groups excluding carboxylic acids is 1. The number of anilines is 1. The van der Waals surface area contributed by atoms with E-state index in [-0.39, 0.29) is 5.91 Å². The number of nitrogens with one attached hydrogen (secondary N) is 1. The minimum Gasteiger partial charge on any atom is -0.300 e. The van der Waals surface area contributed by atoms with Gasteiger partial charge in [-0.25, -0.2) is 0 Å². The molecular formula is C15H17N3OS2. The van der Waals surface area contributed by atoms with Gasteiger partial charge in [-0.15, -0.1) is 16.8 Å². The molecule has 1 amide bonds. The highest BCUT2D eigenvalue weighted by Gasteiger charge is 2.08. The molecule has 0 fully saturated rings. The van der Waals surface area contributed by atoms with Crippen molar-refractivity contribution in [1.29, 1.82) is 0 Å². The van der Waals surface area contributed by atoms with Crippen LogP contribution in [-0.4, -0.2) is 21.9 Å². The Kier molecular flexibility index (Phi) is 5.95. The average Bonchev–Trinajstić information content (AvgIpc) is 2.92. The first-order chi connectivity index (χ1) is 10.2. The van der Waals surface area contributed by atoms with E-state index in [9.17, 15) is 4.79 Å². The first-order valence-corrected chi connectivity index (χ1v) is 8.40. The number of rotatable bonds is 7. The van der Waals surface area contributed by atoms with Crippen LogP contribution in [0.15, 0.2) is 41.3 Å².